The summed E-state index contributed by atoms with van der Waals surface area (Å²) < 4.78 is 10.4. The summed E-state index contributed by atoms with van der Waals surface area (Å²) in [6, 6.07) is 4.80. The molecule has 1 aromatic heterocycles. The number of nitrogens with zero attached hydrogens (tertiary/aromatic N) is 2. The van der Waals surface area contributed by atoms with E-state index in [1.54, 1.807) is 12.1 Å². The average molecular weight is 267 g/mol. The Kier molecular flexibility index (Phi) is 3.94. The van der Waals surface area contributed by atoms with Crippen LogP contribution in [0.5, 0.6) is 5.75 Å². The van der Waals surface area contributed by atoms with Crippen LogP contribution in [0.3, 0.4) is 0 Å². The van der Waals surface area contributed by atoms with Crippen LogP contribution < -0.4 is 4.74 Å². The number of aromatic nitrogens is 2. The van der Waals surface area contributed by atoms with Gasteiger partial charge in [-0.05, 0) is 18.2 Å². The molecule has 6 heteroatoms. The molecule has 1 aromatic carbocycles. The van der Waals surface area contributed by atoms with Crippen molar-refractivity contribution in [2.24, 2.45) is 0 Å². The summed E-state index contributed by atoms with van der Waals surface area (Å²) in [4.78, 5) is 14.7. The smallest absolute Gasteiger partial charge is 0.226 e. The van der Waals surface area contributed by atoms with Gasteiger partial charge in [0.25, 0.3) is 0 Å². The maximum Gasteiger partial charge on any atom is 0.226 e. The van der Waals surface area contributed by atoms with E-state index in [1.165, 1.54) is 6.07 Å². The quantitative estimate of drug-likeness (QED) is 0.779. The van der Waals surface area contributed by atoms with E-state index in [0.29, 0.717) is 34.5 Å². The van der Waals surface area contributed by atoms with E-state index in [2.05, 4.69) is 10.1 Å². The third-order valence-corrected chi connectivity index (χ3v) is 2.56. The van der Waals surface area contributed by atoms with Crippen molar-refractivity contribution in [3.05, 3.63) is 40.5 Å². The van der Waals surface area contributed by atoms with Crippen molar-refractivity contribution >= 4 is 17.9 Å². The number of halogens is 1. The van der Waals surface area contributed by atoms with Crippen molar-refractivity contribution < 1.29 is 14.1 Å². The van der Waals surface area contributed by atoms with Crippen LogP contribution in [0.15, 0.2) is 22.7 Å². The van der Waals surface area contributed by atoms with Crippen LogP contribution in [0, 0.1) is 0 Å². The molecule has 0 spiro atoms. The highest BCUT2D eigenvalue weighted by Gasteiger charge is 2.07. The molecule has 0 unspecified atom stereocenters. The lowest BCUT2D eigenvalue weighted by Crippen LogP contribution is -1.98. The maximum atomic E-state index is 10.6. The first-order valence-corrected chi connectivity index (χ1v) is 5.79. The molecule has 1 heterocycles. The van der Waals surface area contributed by atoms with Gasteiger partial charge in [-0.25, -0.2) is 0 Å². The third kappa shape index (κ3) is 2.87. The molecule has 0 radical (unpaired) electrons. The first-order chi connectivity index (χ1) is 8.72. The molecule has 0 atom stereocenters. The molecule has 0 N–H and O–H groups in total. The Morgan fingerprint density at radius 1 is 1.50 bits per heavy atom. The molecule has 18 heavy (non-hydrogen) atoms. The Hall–Kier alpha value is -1.88. The minimum Gasteiger partial charge on any atom is -0.484 e. The Labute approximate surface area is 109 Å². The highest BCUT2D eigenvalue weighted by molar-refractivity contribution is 6.32. The predicted octanol–water partition coefficient (Wildman–Crippen LogP) is 2.68. The lowest BCUT2D eigenvalue weighted by atomic mass is 10.2. The van der Waals surface area contributed by atoms with Crippen molar-refractivity contribution in [2.75, 3.05) is 0 Å². The zero-order valence-electron chi connectivity index (χ0n) is 9.72. The molecule has 5 nitrogen and oxygen atoms in total. The van der Waals surface area contributed by atoms with Gasteiger partial charge in [-0.15, -0.1) is 0 Å². The summed E-state index contributed by atoms with van der Waals surface area (Å²) in [5.74, 6) is 1.50. The number of hydrogen-bond acceptors (Lipinski definition) is 5. The molecule has 0 fully saturated rings. The first-order valence-electron chi connectivity index (χ1n) is 5.42. The van der Waals surface area contributed by atoms with Crippen LogP contribution in [0.4, 0.5) is 0 Å². The van der Waals surface area contributed by atoms with Gasteiger partial charge >= 0.3 is 0 Å². The van der Waals surface area contributed by atoms with Crippen LogP contribution in [0.25, 0.3) is 0 Å². The van der Waals surface area contributed by atoms with E-state index in [9.17, 15) is 4.79 Å². The van der Waals surface area contributed by atoms with Gasteiger partial charge in [-0.3, -0.25) is 4.79 Å². The SMILES string of the molecule is CCc1nc(COc2ccc(C=O)cc2Cl)no1. The molecule has 0 bridgehead atoms. The molecule has 0 saturated heterocycles. The molecule has 0 amide bonds. The Morgan fingerprint density at radius 2 is 2.33 bits per heavy atom. The van der Waals surface area contributed by atoms with Crippen LogP contribution in [-0.4, -0.2) is 16.4 Å². The molecular weight excluding hydrogens is 256 g/mol. The summed E-state index contributed by atoms with van der Waals surface area (Å²) in [7, 11) is 0. The van der Waals surface area contributed by atoms with Crippen molar-refractivity contribution in [3.8, 4) is 5.75 Å². The van der Waals surface area contributed by atoms with E-state index >= 15 is 0 Å². The highest BCUT2D eigenvalue weighted by Crippen LogP contribution is 2.25. The van der Waals surface area contributed by atoms with Crippen molar-refractivity contribution in [2.45, 2.75) is 20.0 Å². The molecule has 0 aliphatic carbocycles. The van der Waals surface area contributed by atoms with Crippen LogP contribution in [0.1, 0.15) is 29.0 Å². The maximum absolute atomic E-state index is 10.6. The second-order valence-electron chi connectivity index (χ2n) is 3.55. The molecule has 0 aliphatic rings. The standard InChI is InChI=1S/C12H11ClN2O3/c1-2-12-14-11(15-18-12)7-17-10-4-3-8(6-16)5-9(10)13/h3-6H,2,7H2,1H3. The van der Waals surface area contributed by atoms with E-state index in [1.807, 2.05) is 6.92 Å². The Morgan fingerprint density at radius 3 is 2.94 bits per heavy atom. The van der Waals surface area contributed by atoms with Gasteiger partial charge in [0.1, 0.15) is 12.0 Å². The number of carbonyl (C=O) groups excluding carboxylic acids is 1. The van der Waals surface area contributed by atoms with Gasteiger partial charge in [0.2, 0.25) is 11.7 Å². The predicted molar refractivity (Wildman–Crippen MR) is 64.8 cm³/mol. The average Bonchev–Trinajstić information content (AvgIpc) is 2.85. The molecule has 94 valence electrons. The molecule has 0 aliphatic heterocycles. The lowest BCUT2D eigenvalue weighted by molar-refractivity contribution is 0.112. The van der Waals surface area contributed by atoms with Gasteiger partial charge < -0.3 is 9.26 Å². The van der Waals surface area contributed by atoms with Gasteiger partial charge in [0, 0.05) is 12.0 Å². The number of benzene rings is 1. The minimum atomic E-state index is 0.170. The van der Waals surface area contributed by atoms with E-state index in [4.69, 9.17) is 20.9 Å². The van der Waals surface area contributed by atoms with E-state index < -0.39 is 0 Å². The largest absolute Gasteiger partial charge is 0.484 e. The molecular formula is C12H11ClN2O3. The zero-order chi connectivity index (χ0) is 13.0. The highest BCUT2D eigenvalue weighted by atomic mass is 35.5. The number of rotatable bonds is 5. The van der Waals surface area contributed by atoms with Gasteiger partial charge in [-0.1, -0.05) is 23.7 Å². The minimum absolute atomic E-state index is 0.170. The number of hydrogen-bond donors (Lipinski definition) is 0. The summed E-state index contributed by atoms with van der Waals surface area (Å²) in [6.07, 6.45) is 1.41. The molecule has 2 aromatic rings. The monoisotopic (exact) mass is 266 g/mol. The lowest BCUT2D eigenvalue weighted by Gasteiger charge is -2.05. The topological polar surface area (TPSA) is 65.2 Å². The van der Waals surface area contributed by atoms with E-state index in [0.717, 1.165) is 6.29 Å². The van der Waals surface area contributed by atoms with Crippen molar-refractivity contribution in [1.29, 1.82) is 0 Å². The van der Waals surface area contributed by atoms with Crippen LogP contribution >= 0.6 is 11.6 Å². The van der Waals surface area contributed by atoms with Crippen LogP contribution in [0.2, 0.25) is 5.02 Å². The summed E-state index contributed by atoms with van der Waals surface area (Å²) in [5, 5.41) is 4.13. The fraction of sp³-hybridized carbons (Fsp3) is 0.250. The molecule has 2 rings (SSSR count). The normalized spacial score (nSPS) is 10.3. The second kappa shape index (κ2) is 5.64. The van der Waals surface area contributed by atoms with Crippen molar-refractivity contribution in [3.63, 3.8) is 0 Å². The van der Waals surface area contributed by atoms with Crippen molar-refractivity contribution in [1.82, 2.24) is 10.1 Å². The Bertz CT molecular complexity index is 554. The van der Waals surface area contributed by atoms with E-state index in [-0.39, 0.29) is 6.61 Å². The summed E-state index contributed by atoms with van der Waals surface area (Å²) >= 11 is 5.96. The van der Waals surface area contributed by atoms with Gasteiger partial charge in [-0.2, -0.15) is 4.98 Å². The first kappa shape index (κ1) is 12.6. The summed E-state index contributed by atoms with van der Waals surface area (Å²) in [5.41, 5.74) is 0.500. The number of aryl methyl sites for hydroxylation is 1. The number of carbonyl (C=O) groups is 1. The molecule has 0 saturated carbocycles. The third-order valence-electron chi connectivity index (χ3n) is 2.26. The fourth-order valence-corrected chi connectivity index (χ4v) is 1.59. The Balaban J connectivity index is 2.03. The zero-order valence-corrected chi connectivity index (χ0v) is 10.5. The van der Waals surface area contributed by atoms with Gasteiger partial charge in [0.05, 0.1) is 5.02 Å². The number of aldehydes is 1. The fourth-order valence-electron chi connectivity index (χ4n) is 1.34. The van der Waals surface area contributed by atoms with Gasteiger partial charge in [0.15, 0.2) is 6.61 Å². The van der Waals surface area contributed by atoms with Crippen LogP contribution in [-0.2, 0) is 13.0 Å². The number of ether oxygens (including phenoxy) is 1. The summed E-state index contributed by atoms with van der Waals surface area (Å²) in [6.45, 7) is 2.09. The second-order valence-corrected chi connectivity index (χ2v) is 3.96.